The van der Waals surface area contributed by atoms with Crippen LogP contribution in [-0.2, 0) is 9.59 Å². The molecule has 0 radical (unpaired) electrons. The number of carbonyl (C=O) groups excluding carboxylic acids is 3. The number of para-hydroxylation sites is 1. The third-order valence-electron chi connectivity index (χ3n) is 7.24. The number of benzene rings is 5. The van der Waals surface area contributed by atoms with Gasteiger partial charge in [0.05, 0.1) is 6.61 Å². The Labute approximate surface area is 285 Å². The second-order valence-electron chi connectivity index (χ2n) is 11.1. The standard InChI is InChI=1S/C40H37N3O4S/c1-4-47-36-18-12-11-17-31(36)26-35(43-38(44)30-15-9-6-10-16-30)39(45)41-32-19-21-34(22-20-32)48-37(29-13-7-5-8-14-29)40(46)42-33-24-27(2)23-28(3)25-33/h5-26,37H,4H2,1-3H3,(H,41,45)(H,42,46)(H,43,44)/b35-26-. The van der Waals surface area contributed by atoms with E-state index in [-0.39, 0.29) is 11.6 Å². The number of hydrogen-bond acceptors (Lipinski definition) is 5. The first-order chi connectivity index (χ1) is 23.3. The van der Waals surface area contributed by atoms with Crippen LogP contribution >= 0.6 is 11.8 Å². The summed E-state index contributed by atoms with van der Waals surface area (Å²) in [4.78, 5) is 41.1. The summed E-state index contributed by atoms with van der Waals surface area (Å²) in [5.41, 5.74) is 5.42. The summed E-state index contributed by atoms with van der Waals surface area (Å²) in [6, 6.07) is 38.9. The van der Waals surface area contributed by atoms with Gasteiger partial charge in [-0.3, -0.25) is 14.4 Å². The molecule has 0 saturated carbocycles. The quantitative estimate of drug-likeness (QED) is 0.0924. The molecule has 3 amide bonds. The molecular formula is C40H37N3O4S. The Bertz CT molecular complexity index is 1890. The summed E-state index contributed by atoms with van der Waals surface area (Å²) in [7, 11) is 0. The minimum Gasteiger partial charge on any atom is -0.493 e. The predicted octanol–water partition coefficient (Wildman–Crippen LogP) is 8.58. The third-order valence-corrected chi connectivity index (χ3v) is 8.51. The van der Waals surface area contributed by atoms with Gasteiger partial charge < -0.3 is 20.7 Å². The number of ether oxygens (including phenoxy) is 1. The van der Waals surface area contributed by atoms with E-state index < -0.39 is 17.1 Å². The van der Waals surface area contributed by atoms with Gasteiger partial charge in [-0.15, -0.1) is 11.8 Å². The molecule has 1 unspecified atom stereocenters. The zero-order chi connectivity index (χ0) is 33.9. The third kappa shape index (κ3) is 9.24. The van der Waals surface area contributed by atoms with Crippen molar-refractivity contribution in [2.75, 3.05) is 17.2 Å². The van der Waals surface area contributed by atoms with Crippen LogP contribution in [0, 0.1) is 13.8 Å². The lowest BCUT2D eigenvalue weighted by atomic mass is 10.1. The zero-order valence-corrected chi connectivity index (χ0v) is 27.8. The number of thioether (sulfide) groups is 1. The summed E-state index contributed by atoms with van der Waals surface area (Å²) in [5.74, 6) is -0.454. The van der Waals surface area contributed by atoms with E-state index in [1.807, 2.05) is 106 Å². The van der Waals surface area contributed by atoms with Crippen LogP contribution in [0.15, 0.2) is 138 Å². The molecule has 5 aromatic carbocycles. The Morgan fingerprint density at radius 3 is 2.02 bits per heavy atom. The molecule has 0 aliphatic carbocycles. The van der Waals surface area contributed by atoms with Crippen LogP contribution in [0.2, 0.25) is 0 Å². The molecule has 7 nitrogen and oxygen atoms in total. The molecule has 3 N–H and O–H groups in total. The highest BCUT2D eigenvalue weighted by molar-refractivity contribution is 8.00. The van der Waals surface area contributed by atoms with Crippen LogP contribution in [0.3, 0.4) is 0 Å². The van der Waals surface area contributed by atoms with Crippen LogP contribution < -0.4 is 20.7 Å². The van der Waals surface area contributed by atoms with Crippen molar-refractivity contribution in [2.24, 2.45) is 0 Å². The summed E-state index contributed by atoms with van der Waals surface area (Å²) >= 11 is 1.42. The first kappa shape index (κ1) is 33.8. The molecule has 8 heteroatoms. The Kier molecular flexibility index (Phi) is 11.5. The monoisotopic (exact) mass is 655 g/mol. The zero-order valence-electron chi connectivity index (χ0n) is 27.0. The lowest BCUT2D eigenvalue weighted by Crippen LogP contribution is -2.30. The molecule has 0 aromatic heterocycles. The van der Waals surface area contributed by atoms with Gasteiger partial charge in [0.25, 0.3) is 11.8 Å². The second kappa shape index (κ2) is 16.3. The number of rotatable bonds is 12. The van der Waals surface area contributed by atoms with Gasteiger partial charge in [-0.1, -0.05) is 72.8 Å². The maximum absolute atomic E-state index is 13.6. The molecule has 1 atom stereocenters. The van der Waals surface area contributed by atoms with E-state index in [4.69, 9.17) is 4.74 Å². The molecule has 5 rings (SSSR count). The van der Waals surface area contributed by atoms with Gasteiger partial charge in [-0.05, 0) is 98.1 Å². The molecule has 0 aliphatic rings. The number of hydrogen-bond donors (Lipinski definition) is 3. The fourth-order valence-electron chi connectivity index (χ4n) is 5.09. The highest BCUT2D eigenvalue weighted by atomic mass is 32.2. The maximum atomic E-state index is 13.6. The van der Waals surface area contributed by atoms with Gasteiger partial charge in [0.1, 0.15) is 16.7 Å². The Morgan fingerprint density at radius 1 is 0.729 bits per heavy atom. The second-order valence-corrected chi connectivity index (χ2v) is 12.3. The minimum absolute atomic E-state index is 0.0571. The lowest BCUT2D eigenvalue weighted by molar-refractivity contribution is -0.116. The molecule has 0 spiro atoms. The highest BCUT2D eigenvalue weighted by Gasteiger charge is 2.23. The van der Waals surface area contributed by atoms with E-state index in [9.17, 15) is 14.4 Å². The molecule has 0 aliphatic heterocycles. The first-order valence-electron chi connectivity index (χ1n) is 15.6. The van der Waals surface area contributed by atoms with E-state index >= 15 is 0 Å². The minimum atomic E-state index is -0.513. The number of amides is 3. The summed E-state index contributed by atoms with van der Waals surface area (Å²) in [6.07, 6.45) is 1.60. The molecule has 5 aromatic rings. The molecule has 0 fully saturated rings. The van der Waals surface area contributed by atoms with E-state index in [2.05, 4.69) is 22.0 Å². The normalized spacial score (nSPS) is 11.7. The number of anilines is 2. The fraction of sp³-hybridized carbons (Fsp3) is 0.125. The molecule has 0 heterocycles. The van der Waals surface area contributed by atoms with E-state index in [1.165, 1.54) is 11.8 Å². The Morgan fingerprint density at radius 2 is 1.35 bits per heavy atom. The van der Waals surface area contributed by atoms with Gasteiger partial charge in [-0.2, -0.15) is 0 Å². The molecule has 48 heavy (non-hydrogen) atoms. The van der Waals surface area contributed by atoms with Crippen molar-refractivity contribution in [1.82, 2.24) is 5.32 Å². The summed E-state index contributed by atoms with van der Waals surface area (Å²) in [6.45, 7) is 6.34. The smallest absolute Gasteiger partial charge is 0.272 e. The summed E-state index contributed by atoms with van der Waals surface area (Å²) in [5, 5.41) is 8.24. The van der Waals surface area contributed by atoms with Crippen molar-refractivity contribution in [3.63, 3.8) is 0 Å². The topological polar surface area (TPSA) is 96.5 Å². The first-order valence-corrected chi connectivity index (χ1v) is 16.5. The van der Waals surface area contributed by atoms with Gasteiger partial charge in [0.2, 0.25) is 5.91 Å². The van der Waals surface area contributed by atoms with Crippen molar-refractivity contribution < 1.29 is 19.1 Å². The highest BCUT2D eigenvalue weighted by Crippen LogP contribution is 2.37. The predicted molar refractivity (Wildman–Crippen MR) is 194 cm³/mol. The van der Waals surface area contributed by atoms with Crippen LogP contribution in [0.5, 0.6) is 5.75 Å². The Balaban J connectivity index is 1.35. The van der Waals surface area contributed by atoms with Crippen molar-refractivity contribution in [3.05, 3.63) is 161 Å². The largest absolute Gasteiger partial charge is 0.493 e. The SMILES string of the molecule is CCOc1ccccc1/C=C(\NC(=O)c1ccccc1)C(=O)Nc1ccc(SC(C(=O)Nc2cc(C)cc(C)c2)c2ccccc2)cc1. The number of nitrogens with one attached hydrogen (secondary N) is 3. The van der Waals surface area contributed by atoms with Crippen molar-refractivity contribution in [1.29, 1.82) is 0 Å². The molecule has 242 valence electrons. The van der Waals surface area contributed by atoms with Crippen molar-refractivity contribution in [2.45, 2.75) is 30.9 Å². The van der Waals surface area contributed by atoms with E-state index in [1.54, 1.807) is 42.5 Å². The lowest BCUT2D eigenvalue weighted by Gasteiger charge is -2.18. The van der Waals surface area contributed by atoms with Crippen LogP contribution in [-0.4, -0.2) is 24.3 Å². The fourth-order valence-corrected chi connectivity index (χ4v) is 6.12. The van der Waals surface area contributed by atoms with Crippen LogP contribution in [0.25, 0.3) is 6.08 Å². The van der Waals surface area contributed by atoms with Crippen LogP contribution in [0.1, 0.15) is 44.8 Å². The molecule has 0 bridgehead atoms. The Hall–Kier alpha value is -5.60. The van der Waals surface area contributed by atoms with Crippen molar-refractivity contribution >= 4 is 46.9 Å². The van der Waals surface area contributed by atoms with Gasteiger partial charge in [0.15, 0.2) is 0 Å². The molecular weight excluding hydrogens is 619 g/mol. The van der Waals surface area contributed by atoms with E-state index in [0.29, 0.717) is 29.2 Å². The van der Waals surface area contributed by atoms with Crippen molar-refractivity contribution in [3.8, 4) is 5.75 Å². The van der Waals surface area contributed by atoms with Gasteiger partial charge in [0, 0.05) is 27.4 Å². The number of carbonyl (C=O) groups is 3. The average Bonchev–Trinajstić information content (AvgIpc) is 3.08. The molecule has 0 saturated heterocycles. The van der Waals surface area contributed by atoms with Crippen LogP contribution in [0.4, 0.5) is 11.4 Å². The maximum Gasteiger partial charge on any atom is 0.272 e. The van der Waals surface area contributed by atoms with E-state index in [0.717, 1.165) is 27.3 Å². The average molecular weight is 656 g/mol. The van der Waals surface area contributed by atoms with Gasteiger partial charge >= 0.3 is 0 Å². The number of aryl methyl sites for hydroxylation is 2. The van der Waals surface area contributed by atoms with Gasteiger partial charge in [-0.25, -0.2) is 0 Å². The summed E-state index contributed by atoms with van der Waals surface area (Å²) < 4.78 is 5.74.